The summed E-state index contributed by atoms with van der Waals surface area (Å²) in [6, 6.07) is 15.2. The Balaban J connectivity index is 1.53. The van der Waals surface area contributed by atoms with Gasteiger partial charge in [-0.3, -0.25) is 9.59 Å². The molecule has 0 spiro atoms. The monoisotopic (exact) mass is 464 g/mol. The lowest BCUT2D eigenvalue weighted by Crippen LogP contribution is -2.08. The largest absolute Gasteiger partial charge is 0.326 e. The fourth-order valence-electron chi connectivity index (χ4n) is 3.62. The van der Waals surface area contributed by atoms with Gasteiger partial charge in [-0.25, -0.2) is 4.39 Å². The van der Waals surface area contributed by atoms with E-state index in [1.807, 2.05) is 24.5 Å². The van der Waals surface area contributed by atoms with Crippen LogP contribution in [0.4, 0.5) is 10.1 Å². The molecule has 0 bridgehead atoms. The molecule has 1 N–H and O–H groups in total. The van der Waals surface area contributed by atoms with Gasteiger partial charge in [-0.1, -0.05) is 23.9 Å². The van der Waals surface area contributed by atoms with E-state index >= 15 is 0 Å². The molecule has 0 fully saturated rings. The number of nitrogens with one attached hydrogen (secondary N) is 1. The average Bonchev–Trinajstić information content (AvgIpc) is 3.35. The predicted molar refractivity (Wildman–Crippen MR) is 124 cm³/mol. The van der Waals surface area contributed by atoms with E-state index in [1.54, 1.807) is 36.4 Å². The Kier molecular flexibility index (Phi) is 6.36. The number of tetrazole rings is 1. The van der Waals surface area contributed by atoms with Crippen LogP contribution in [0.25, 0.3) is 11.4 Å². The molecule has 0 saturated heterocycles. The van der Waals surface area contributed by atoms with E-state index in [2.05, 4.69) is 20.8 Å². The van der Waals surface area contributed by atoms with Crippen molar-refractivity contribution in [2.75, 3.05) is 11.1 Å². The third-order valence-corrected chi connectivity index (χ3v) is 5.90. The van der Waals surface area contributed by atoms with Crippen LogP contribution in [0.5, 0.6) is 0 Å². The number of thioether (sulfide) groups is 1. The van der Waals surface area contributed by atoms with Crippen molar-refractivity contribution in [3.63, 3.8) is 0 Å². The van der Waals surface area contributed by atoms with Gasteiger partial charge in [0.25, 0.3) is 0 Å². The maximum atomic E-state index is 13.7. The van der Waals surface area contributed by atoms with E-state index in [1.165, 1.54) is 35.5 Å². The molecule has 0 atom stereocenters. The summed E-state index contributed by atoms with van der Waals surface area (Å²) in [5.41, 5.74) is 4.09. The molecule has 10 heteroatoms. The first kappa shape index (κ1) is 22.4. The minimum Gasteiger partial charge on any atom is -0.326 e. The van der Waals surface area contributed by atoms with Crippen molar-refractivity contribution < 1.29 is 14.0 Å². The fourth-order valence-corrected chi connectivity index (χ4v) is 4.39. The summed E-state index contributed by atoms with van der Waals surface area (Å²) in [5.74, 6) is -0.478. The Morgan fingerprint density at radius 2 is 1.82 bits per heavy atom. The molecule has 2 aromatic carbocycles. The Morgan fingerprint density at radius 3 is 2.58 bits per heavy atom. The third kappa shape index (κ3) is 4.85. The first-order valence-corrected chi connectivity index (χ1v) is 11.1. The van der Waals surface area contributed by atoms with E-state index in [9.17, 15) is 14.0 Å². The average molecular weight is 465 g/mol. The highest BCUT2D eigenvalue weighted by Gasteiger charge is 2.19. The Bertz CT molecular complexity index is 1350. The summed E-state index contributed by atoms with van der Waals surface area (Å²) in [6.07, 6.45) is 0. The number of carbonyl (C=O) groups is 2. The van der Waals surface area contributed by atoms with E-state index in [0.717, 1.165) is 11.4 Å². The lowest BCUT2D eigenvalue weighted by atomic mass is 10.2. The zero-order chi connectivity index (χ0) is 23.5. The molecule has 0 unspecified atom stereocenters. The second-order valence-corrected chi connectivity index (χ2v) is 8.36. The van der Waals surface area contributed by atoms with Gasteiger partial charge in [0.05, 0.1) is 11.4 Å². The number of rotatable bonds is 7. The van der Waals surface area contributed by atoms with Crippen molar-refractivity contribution in [1.82, 2.24) is 24.8 Å². The molecule has 0 aliphatic heterocycles. The summed E-state index contributed by atoms with van der Waals surface area (Å²) < 4.78 is 17.1. The van der Waals surface area contributed by atoms with Gasteiger partial charge in [0.1, 0.15) is 5.82 Å². The number of aryl methyl sites for hydroxylation is 1. The van der Waals surface area contributed by atoms with Gasteiger partial charge in [-0.15, -0.1) is 5.10 Å². The van der Waals surface area contributed by atoms with Gasteiger partial charge >= 0.3 is 0 Å². The number of amides is 1. The highest BCUT2D eigenvalue weighted by Crippen LogP contribution is 2.25. The normalized spacial score (nSPS) is 10.9. The van der Waals surface area contributed by atoms with E-state index in [0.29, 0.717) is 27.8 Å². The number of carbonyl (C=O) groups excluding carboxylic acids is 2. The van der Waals surface area contributed by atoms with Crippen LogP contribution < -0.4 is 5.32 Å². The molecule has 0 radical (unpaired) electrons. The number of halogens is 1. The molecular weight excluding hydrogens is 443 g/mol. The SMILES string of the molecule is CC(=O)Nc1cccc(-n2nnnc2SCC(=O)c2cc(C)n(-c3cccc(F)c3)c2C)c1. The first-order chi connectivity index (χ1) is 15.8. The van der Waals surface area contributed by atoms with Crippen LogP contribution in [-0.2, 0) is 4.79 Å². The van der Waals surface area contributed by atoms with Crippen molar-refractivity contribution in [3.05, 3.63) is 77.4 Å². The minimum absolute atomic E-state index is 0.0858. The molecular formula is C23H21FN6O2S. The summed E-state index contributed by atoms with van der Waals surface area (Å²) in [5, 5.41) is 14.9. The summed E-state index contributed by atoms with van der Waals surface area (Å²) in [7, 11) is 0. The number of nitrogens with zero attached hydrogens (tertiary/aromatic N) is 5. The van der Waals surface area contributed by atoms with E-state index in [4.69, 9.17) is 0 Å². The van der Waals surface area contributed by atoms with E-state index in [-0.39, 0.29) is 23.3 Å². The molecule has 8 nitrogen and oxygen atoms in total. The number of ketones is 1. The quantitative estimate of drug-likeness (QED) is 0.326. The number of hydrogen-bond acceptors (Lipinski definition) is 6. The van der Waals surface area contributed by atoms with Gasteiger partial charge in [-0.2, -0.15) is 4.68 Å². The van der Waals surface area contributed by atoms with Crippen LogP contribution in [0.3, 0.4) is 0 Å². The number of Topliss-reactive ketones (excluding diaryl/α,β-unsaturated/α-hetero) is 1. The molecule has 2 heterocycles. The van der Waals surface area contributed by atoms with Gasteiger partial charge < -0.3 is 9.88 Å². The number of benzene rings is 2. The number of hydrogen-bond donors (Lipinski definition) is 1. The maximum Gasteiger partial charge on any atom is 0.221 e. The highest BCUT2D eigenvalue weighted by molar-refractivity contribution is 7.99. The Morgan fingerprint density at radius 1 is 1.06 bits per heavy atom. The van der Waals surface area contributed by atoms with Crippen molar-refractivity contribution >= 4 is 29.1 Å². The van der Waals surface area contributed by atoms with Gasteiger partial charge in [-0.05, 0) is 66.7 Å². The lowest BCUT2D eigenvalue weighted by molar-refractivity contribution is -0.114. The molecule has 4 aromatic rings. The minimum atomic E-state index is -0.335. The lowest BCUT2D eigenvalue weighted by Gasteiger charge is -2.10. The topological polar surface area (TPSA) is 94.7 Å². The summed E-state index contributed by atoms with van der Waals surface area (Å²) in [6.45, 7) is 5.15. The van der Waals surface area contributed by atoms with Gasteiger partial charge in [0.2, 0.25) is 11.1 Å². The molecule has 1 amide bonds. The standard InChI is InChI=1S/C23H21FN6O2S/c1-14-10-21(15(2)29(14)19-8-4-6-17(24)11-19)22(32)13-33-23-26-27-28-30(23)20-9-5-7-18(12-20)25-16(3)31/h4-12H,13H2,1-3H3,(H,25,31). The van der Waals surface area contributed by atoms with Crippen molar-refractivity contribution in [3.8, 4) is 11.4 Å². The van der Waals surface area contributed by atoms with Crippen LogP contribution in [0.1, 0.15) is 28.7 Å². The van der Waals surface area contributed by atoms with Crippen molar-refractivity contribution in [2.45, 2.75) is 25.9 Å². The smallest absolute Gasteiger partial charge is 0.221 e. The third-order valence-electron chi connectivity index (χ3n) is 4.98. The fraction of sp³-hybridized carbons (Fsp3) is 0.174. The first-order valence-electron chi connectivity index (χ1n) is 10.1. The highest BCUT2D eigenvalue weighted by atomic mass is 32.2. The van der Waals surface area contributed by atoms with Crippen molar-refractivity contribution in [2.24, 2.45) is 0 Å². The molecule has 4 rings (SSSR count). The second-order valence-electron chi connectivity index (χ2n) is 7.42. The Labute approximate surface area is 193 Å². The van der Waals surface area contributed by atoms with Gasteiger partial charge in [0.15, 0.2) is 5.78 Å². The molecule has 0 aliphatic carbocycles. The van der Waals surface area contributed by atoms with E-state index < -0.39 is 0 Å². The second kappa shape index (κ2) is 9.37. The maximum absolute atomic E-state index is 13.7. The Hall–Kier alpha value is -3.79. The van der Waals surface area contributed by atoms with Crippen LogP contribution in [0.2, 0.25) is 0 Å². The van der Waals surface area contributed by atoms with Crippen LogP contribution >= 0.6 is 11.8 Å². The summed E-state index contributed by atoms with van der Waals surface area (Å²) in [4.78, 5) is 24.3. The van der Waals surface area contributed by atoms with Crippen LogP contribution in [-0.4, -0.2) is 42.2 Å². The van der Waals surface area contributed by atoms with Crippen LogP contribution in [0, 0.1) is 19.7 Å². The number of aromatic nitrogens is 5. The van der Waals surface area contributed by atoms with Crippen LogP contribution in [0.15, 0.2) is 59.8 Å². The number of anilines is 1. The predicted octanol–water partition coefficient (Wildman–Crippen LogP) is 4.14. The van der Waals surface area contributed by atoms with Crippen molar-refractivity contribution in [1.29, 1.82) is 0 Å². The van der Waals surface area contributed by atoms with Gasteiger partial charge in [0, 0.05) is 35.2 Å². The molecule has 33 heavy (non-hydrogen) atoms. The zero-order valence-corrected chi connectivity index (χ0v) is 19.1. The summed E-state index contributed by atoms with van der Waals surface area (Å²) >= 11 is 1.21. The molecule has 168 valence electrons. The molecule has 0 aliphatic rings. The molecule has 2 aromatic heterocycles. The zero-order valence-electron chi connectivity index (χ0n) is 18.2. The molecule has 0 saturated carbocycles.